The number of rotatable bonds is 3. The number of amides is 1. The van der Waals surface area contributed by atoms with E-state index in [4.69, 9.17) is 5.73 Å². The number of benzene rings is 2. The molecule has 5 heteroatoms. The summed E-state index contributed by atoms with van der Waals surface area (Å²) in [7, 11) is 0. The Bertz CT molecular complexity index is 1060. The molecule has 0 aliphatic rings. The molecule has 0 saturated heterocycles. The number of aromatic nitrogens is 1. The standard InChI is InChI=1S/C23H29N3O2/c1-12-9-15(10-18(21(12)27)23(4,5)6)20-13(2)17-11-16(7-8-19(17)26-20)25-22(28)14(3)24/h7-11,14,26-27H,24H2,1-6H3,(H,25,28)/t14-/m0/s1. The molecule has 5 nitrogen and oxygen atoms in total. The summed E-state index contributed by atoms with van der Waals surface area (Å²) in [6.45, 7) is 11.9. The van der Waals surface area contributed by atoms with Crippen LogP contribution in [0, 0.1) is 13.8 Å². The van der Waals surface area contributed by atoms with Crippen LogP contribution in [0.5, 0.6) is 5.75 Å². The first-order chi connectivity index (χ1) is 13.0. The van der Waals surface area contributed by atoms with Crippen molar-refractivity contribution < 1.29 is 9.90 Å². The molecule has 0 aliphatic carbocycles. The number of fused-ring (bicyclic) bond motifs is 1. The van der Waals surface area contributed by atoms with E-state index < -0.39 is 6.04 Å². The van der Waals surface area contributed by atoms with Gasteiger partial charge in [0, 0.05) is 27.8 Å². The van der Waals surface area contributed by atoms with E-state index in [0.717, 1.165) is 44.5 Å². The van der Waals surface area contributed by atoms with Crippen LogP contribution < -0.4 is 11.1 Å². The van der Waals surface area contributed by atoms with Crippen LogP contribution in [0.2, 0.25) is 0 Å². The summed E-state index contributed by atoms with van der Waals surface area (Å²) in [5.41, 5.74) is 12.1. The Morgan fingerprint density at radius 3 is 2.46 bits per heavy atom. The molecule has 2 aromatic carbocycles. The summed E-state index contributed by atoms with van der Waals surface area (Å²) in [5.74, 6) is 0.141. The minimum atomic E-state index is -0.561. The highest BCUT2D eigenvalue weighted by Gasteiger charge is 2.22. The number of nitrogens with two attached hydrogens (primary N) is 1. The van der Waals surface area contributed by atoms with Gasteiger partial charge >= 0.3 is 0 Å². The molecular formula is C23H29N3O2. The van der Waals surface area contributed by atoms with Gasteiger partial charge < -0.3 is 21.1 Å². The minimum Gasteiger partial charge on any atom is -0.507 e. The fraction of sp³-hybridized carbons (Fsp3) is 0.348. The molecule has 1 atom stereocenters. The van der Waals surface area contributed by atoms with Gasteiger partial charge in [-0.25, -0.2) is 0 Å². The highest BCUT2D eigenvalue weighted by molar-refractivity contribution is 5.98. The smallest absolute Gasteiger partial charge is 0.240 e. The van der Waals surface area contributed by atoms with Crippen molar-refractivity contribution in [3.63, 3.8) is 0 Å². The summed E-state index contributed by atoms with van der Waals surface area (Å²) in [6, 6.07) is 9.28. The van der Waals surface area contributed by atoms with E-state index in [2.05, 4.69) is 44.1 Å². The van der Waals surface area contributed by atoms with E-state index in [-0.39, 0.29) is 11.3 Å². The second-order valence-electron chi connectivity index (χ2n) is 8.60. The molecule has 1 amide bonds. The van der Waals surface area contributed by atoms with Gasteiger partial charge in [0.15, 0.2) is 0 Å². The van der Waals surface area contributed by atoms with E-state index >= 15 is 0 Å². The fourth-order valence-electron chi connectivity index (χ4n) is 3.44. The first-order valence-electron chi connectivity index (χ1n) is 9.52. The first-order valence-corrected chi connectivity index (χ1v) is 9.52. The van der Waals surface area contributed by atoms with Crippen molar-refractivity contribution in [2.24, 2.45) is 5.73 Å². The lowest BCUT2D eigenvalue weighted by molar-refractivity contribution is -0.117. The molecule has 0 unspecified atom stereocenters. The van der Waals surface area contributed by atoms with Crippen LogP contribution in [-0.2, 0) is 10.2 Å². The van der Waals surface area contributed by atoms with E-state index in [1.807, 2.05) is 31.2 Å². The fourth-order valence-corrected chi connectivity index (χ4v) is 3.44. The van der Waals surface area contributed by atoms with Crippen LogP contribution in [0.1, 0.15) is 44.4 Å². The number of hydrogen-bond acceptors (Lipinski definition) is 3. The maximum Gasteiger partial charge on any atom is 0.240 e. The second-order valence-corrected chi connectivity index (χ2v) is 8.60. The highest BCUT2D eigenvalue weighted by atomic mass is 16.3. The SMILES string of the molecule is Cc1cc(-c2[nH]c3ccc(NC(=O)[C@H](C)N)cc3c2C)cc(C(C)(C)C)c1O. The molecular weight excluding hydrogens is 350 g/mol. The largest absolute Gasteiger partial charge is 0.507 e. The van der Waals surface area contributed by atoms with Crippen molar-refractivity contribution >= 4 is 22.5 Å². The number of aromatic hydroxyl groups is 1. The van der Waals surface area contributed by atoms with E-state index in [9.17, 15) is 9.90 Å². The number of carbonyl (C=O) groups excluding carboxylic acids is 1. The number of phenolic OH excluding ortho intramolecular Hbond substituents is 1. The number of aryl methyl sites for hydroxylation is 2. The Hall–Kier alpha value is -2.79. The molecule has 3 aromatic rings. The van der Waals surface area contributed by atoms with E-state index in [1.165, 1.54) is 0 Å². The molecule has 5 N–H and O–H groups in total. The molecule has 0 saturated carbocycles. The summed E-state index contributed by atoms with van der Waals surface area (Å²) in [4.78, 5) is 15.4. The summed E-state index contributed by atoms with van der Waals surface area (Å²) in [6.07, 6.45) is 0. The van der Waals surface area contributed by atoms with E-state index in [1.54, 1.807) is 6.92 Å². The van der Waals surface area contributed by atoms with Crippen LogP contribution >= 0.6 is 0 Å². The molecule has 0 aliphatic heterocycles. The average Bonchev–Trinajstić information content (AvgIpc) is 2.92. The monoisotopic (exact) mass is 379 g/mol. The lowest BCUT2D eigenvalue weighted by atomic mass is 9.83. The Balaban J connectivity index is 2.11. The van der Waals surface area contributed by atoms with Gasteiger partial charge in [0.05, 0.1) is 6.04 Å². The predicted molar refractivity (Wildman–Crippen MR) is 116 cm³/mol. The molecule has 1 aromatic heterocycles. The van der Waals surface area contributed by atoms with Gasteiger partial charge in [0.25, 0.3) is 0 Å². The van der Waals surface area contributed by atoms with Crippen molar-refractivity contribution in [1.29, 1.82) is 0 Å². The Kier molecular flexibility index (Phi) is 4.98. The van der Waals surface area contributed by atoms with Crippen LogP contribution in [0.4, 0.5) is 5.69 Å². The Morgan fingerprint density at radius 2 is 1.86 bits per heavy atom. The van der Waals surface area contributed by atoms with Crippen molar-refractivity contribution in [2.45, 2.75) is 53.0 Å². The van der Waals surface area contributed by atoms with Gasteiger partial charge in [0.1, 0.15) is 5.75 Å². The Labute approximate surface area is 166 Å². The predicted octanol–water partition coefficient (Wildman–Crippen LogP) is 4.74. The maximum atomic E-state index is 11.9. The summed E-state index contributed by atoms with van der Waals surface area (Å²) in [5, 5.41) is 14.4. The average molecular weight is 380 g/mol. The molecule has 0 radical (unpaired) electrons. The zero-order valence-corrected chi connectivity index (χ0v) is 17.4. The van der Waals surface area contributed by atoms with Gasteiger partial charge in [-0.3, -0.25) is 4.79 Å². The van der Waals surface area contributed by atoms with Crippen molar-refractivity contribution in [3.8, 4) is 17.0 Å². The molecule has 148 valence electrons. The third-order valence-electron chi connectivity index (χ3n) is 5.14. The number of anilines is 1. The van der Waals surface area contributed by atoms with Crippen molar-refractivity contribution in [3.05, 3.63) is 47.0 Å². The Morgan fingerprint density at radius 1 is 1.18 bits per heavy atom. The molecule has 0 bridgehead atoms. The molecule has 3 rings (SSSR count). The topological polar surface area (TPSA) is 91.1 Å². The van der Waals surface area contributed by atoms with Crippen LogP contribution in [0.3, 0.4) is 0 Å². The van der Waals surface area contributed by atoms with Gasteiger partial charge in [-0.05, 0) is 73.2 Å². The maximum absolute atomic E-state index is 11.9. The number of nitrogens with one attached hydrogen (secondary N) is 2. The quantitative estimate of drug-likeness (QED) is 0.530. The molecule has 0 spiro atoms. The normalized spacial score (nSPS) is 13.0. The highest BCUT2D eigenvalue weighted by Crippen LogP contribution is 2.39. The number of H-pyrrole nitrogens is 1. The van der Waals surface area contributed by atoms with Gasteiger partial charge in [0.2, 0.25) is 5.91 Å². The first kappa shape index (κ1) is 20.0. The van der Waals surface area contributed by atoms with Gasteiger partial charge in [-0.2, -0.15) is 0 Å². The zero-order valence-electron chi connectivity index (χ0n) is 17.4. The zero-order chi connectivity index (χ0) is 20.8. The second kappa shape index (κ2) is 6.99. The summed E-state index contributed by atoms with van der Waals surface area (Å²) >= 11 is 0. The number of aromatic amines is 1. The number of hydrogen-bond donors (Lipinski definition) is 4. The van der Waals surface area contributed by atoms with Crippen molar-refractivity contribution in [2.75, 3.05) is 5.32 Å². The summed E-state index contributed by atoms with van der Waals surface area (Å²) < 4.78 is 0. The molecule has 1 heterocycles. The van der Waals surface area contributed by atoms with Crippen LogP contribution in [0.25, 0.3) is 22.2 Å². The molecule has 0 fully saturated rings. The van der Waals surface area contributed by atoms with E-state index in [0.29, 0.717) is 5.75 Å². The minimum absolute atomic E-state index is 0.166. The lowest BCUT2D eigenvalue weighted by Gasteiger charge is -2.22. The number of carbonyl (C=O) groups is 1. The third-order valence-corrected chi connectivity index (χ3v) is 5.14. The lowest BCUT2D eigenvalue weighted by Crippen LogP contribution is -2.32. The van der Waals surface area contributed by atoms with Gasteiger partial charge in [-0.1, -0.05) is 20.8 Å². The van der Waals surface area contributed by atoms with Crippen LogP contribution in [-0.4, -0.2) is 22.0 Å². The number of phenols is 1. The third kappa shape index (κ3) is 3.62. The van der Waals surface area contributed by atoms with Crippen LogP contribution in [0.15, 0.2) is 30.3 Å². The van der Waals surface area contributed by atoms with Gasteiger partial charge in [-0.15, -0.1) is 0 Å². The van der Waals surface area contributed by atoms with Crippen molar-refractivity contribution in [1.82, 2.24) is 4.98 Å². The molecule has 28 heavy (non-hydrogen) atoms.